The summed E-state index contributed by atoms with van der Waals surface area (Å²) >= 11 is 0. The summed E-state index contributed by atoms with van der Waals surface area (Å²) in [5, 5.41) is 0. The van der Waals surface area contributed by atoms with Crippen LogP contribution >= 0.6 is 0 Å². The second kappa shape index (κ2) is 4.04. The SMILES string of the molecule is CC(C)c1cc(C(C)C)c2c(n1)C(F)(F)CC2. The van der Waals surface area contributed by atoms with Gasteiger partial charge in [-0.1, -0.05) is 27.7 Å². The lowest BCUT2D eigenvalue weighted by Gasteiger charge is -2.17. The summed E-state index contributed by atoms with van der Waals surface area (Å²) in [6.45, 7) is 8.09. The molecule has 0 aliphatic heterocycles. The van der Waals surface area contributed by atoms with Crippen LogP contribution < -0.4 is 0 Å². The molecule has 17 heavy (non-hydrogen) atoms. The second-order valence-corrected chi connectivity index (χ2v) is 5.48. The first-order chi connectivity index (χ1) is 7.83. The van der Waals surface area contributed by atoms with Crippen molar-refractivity contribution in [3.05, 3.63) is 28.6 Å². The fraction of sp³-hybridized carbons (Fsp3) is 0.643. The summed E-state index contributed by atoms with van der Waals surface area (Å²) in [5.74, 6) is -2.27. The number of aromatic nitrogens is 1. The molecule has 0 saturated carbocycles. The van der Waals surface area contributed by atoms with Gasteiger partial charge in [-0.2, -0.15) is 8.78 Å². The molecule has 0 N–H and O–H groups in total. The van der Waals surface area contributed by atoms with E-state index in [1.54, 1.807) is 0 Å². The van der Waals surface area contributed by atoms with Gasteiger partial charge < -0.3 is 0 Å². The predicted octanol–water partition coefficient (Wildman–Crippen LogP) is 4.37. The van der Waals surface area contributed by atoms with Gasteiger partial charge in [0, 0.05) is 12.1 Å². The summed E-state index contributed by atoms with van der Waals surface area (Å²) in [6.07, 6.45) is 0.373. The van der Waals surface area contributed by atoms with Crippen molar-refractivity contribution in [1.29, 1.82) is 0 Å². The van der Waals surface area contributed by atoms with Crippen molar-refractivity contribution in [2.24, 2.45) is 0 Å². The maximum absolute atomic E-state index is 13.8. The van der Waals surface area contributed by atoms with Crippen molar-refractivity contribution in [2.75, 3.05) is 0 Å². The smallest absolute Gasteiger partial charge is 0.251 e. The third-order valence-electron chi connectivity index (χ3n) is 3.43. The Morgan fingerprint density at radius 1 is 1.18 bits per heavy atom. The molecule has 1 aromatic rings. The van der Waals surface area contributed by atoms with Gasteiger partial charge in [-0.05, 0) is 35.4 Å². The predicted molar refractivity (Wildman–Crippen MR) is 64.6 cm³/mol. The van der Waals surface area contributed by atoms with Crippen LogP contribution in [0.1, 0.15) is 68.5 Å². The van der Waals surface area contributed by atoms with E-state index in [4.69, 9.17) is 0 Å². The average molecular weight is 239 g/mol. The van der Waals surface area contributed by atoms with Crippen LogP contribution in [0.2, 0.25) is 0 Å². The Kier molecular flexibility index (Phi) is 2.96. The summed E-state index contributed by atoms with van der Waals surface area (Å²) in [4.78, 5) is 4.20. The molecule has 0 radical (unpaired) electrons. The zero-order valence-corrected chi connectivity index (χ0v) is 10.8. The topological polar surface area (TPSA) is 12.9 Å². The lowest BCUT2D eigenvalue weighted by atomic mass is 9.94. The number of halogens is 2. The van der Waals surface area contributed by atoms with E-state index in [1.807, 2.05) is 19.9 Å². The molecule has 94 valence electrons. The van der Waals surface area contributed by atoms with E-state index in [9.17, 15) is 8.78 Å². The van der Waals surface area contributed by atoms with Gasteiger partial charge in [0.05, 0.1) is 0 Å². The normalized spacial score (nSPS) is 17.9. The van der Waals surface area contributed by atoms with Crippen LogP contribution in [0.4, 0.5) is 8.78 Å². The number of hydrogen-bond donors (Lipinski definition) is 0. The first kappa shape index (κ1) is 12.5. The van der Waals surface area contributed by atoms with E-state index in [-0.39, 0.29) is 24.0 Å². The molecule has 0 atom stereocenters. The molecule has 0 bridgehead atoms. The Hall–Kier alpha value is -0.990. The van der Waals surface area contributed by atoms with Gasteiger partial charge in [0.25, 0.3) is 5.92 Å². The van der Waals surface area contributed by atoms with E-state index in [0.717, 1.165) is 16.8 Å². The van der Waals surface area contributed by atoms with E-state index >= 15 is 0 Å². The standard InChI is InChI=1S/C14H19F2N/c1-8(2)11-7-12(9(3)4)17-13-10(11)5-6-14(13,15)16/h7-9H,5-6H2,1-4H3. The van der Waals surface area contributed by atoms with E-state index in [2.05, 4.69) is 18.8 Å². The number of pyridine rings is 1. The fourth-order valence-electron chi connectivity index (χ4n) is 2.39. The third kappa shape index (κ3) is 2.07. The largest absolute Gasteiger partial charge is 0.290 e. The maximum Gasteiger partial charge on any atom is 0.290 e. The minimum absolute atomic E-state index is 0.0346. The molecule has 1 heterocycles. The van der Waals surface area contributed by atoms with Crippen LogP contribution in [0.3, 0.4) is 0 Å². The molecule has 1 aliphatic rings. The van der Waals surface area contributed by atoms with Crippen LogP contribution in [0.5, 0.6) is 0 Å². The van der Waals surface area contributed by atoms with Crippen LogP contribution in [0.25, 0.3) is 0 Å². The van der Waals surface area contributed by atoms with Gasteiger partial charge in [-0.25, -0.2) is 0 Å². The van der Waals surface area contributed by atoms with Crippen molar-refractivity contribution in [3.8, 4) is 0 Å². The highest BCUT2D eigenvalue weighted by Gasteiger charge is 2.42. The quantitative estimate of drug-likeness (QED) is 0.747. The Balaban J connectivity index is 2.63. The second-order valence-electron chi connectivity index (χ2n) is 5.48. The highest BCUT2D eigenvalue weighted by molar-refractivity contribution is 5.41. The van der Waals surface area contributed by atoms with Crippen molar-refractivity contribution in [3.63, 3.8) is 0 Å². The average Bonchev–Trinajstić information content (AvgIpc) is 2.53. The molecule has 0 saturated heterocycles. The van der Waals surface area contributed by atoms with Gasteiger partial charge in [-0.3, -0.25) is 4.98 Å². The molecular formula is C14H19F2N. The van der Waals surface area contributed by atoms with Crippen LogP contribution in [-0.2, 0) is 12.3 Å². The lowest BCUT2D eigenvalue weighted by molar-refractivity contribution is -0.00612. The Morgan fingerprint density at radius 2 is 1.82 bits per heavy atom. The molecule has 0 fully saturated rings. The summed E-state index contributed by atoms with van der Waals surface area (Å²) in [7, 11) is 0. The molecule has 1 aliphatic carbocycles. The Bertz CT molecular complexity index is 436. The highest BCUT2D eigenvalue weighted by Crippen LogP contribution is 2.43. The summed E-state index contributed by atoms with van der Waals surface area (Å²) in [6, 6.07) is 2.01. The van der Waals surface area contributed by atoms with Gasteiger partial charge in [0.2, 0.25) is 0 Å². The van der Waals surface area contributed by atoms with E-state index in [0.29, 0.717) is 6.42 Å². The Morgan fingerprint density at radius 3 is 2.35 bits per heavy atom. The zero-order valence-electron chi connectivity index (χ0n) is 10.8. The number of alkyl halides is 2. The number of hydrogen-bond acceptors (Lipinski definition) is 1. The fourth-order valence-corrected chi connectivity index (χ4v) is 2.39. The molecule has 3 heteroatoms. The Labute approximate surface area is 101 Å². The van der Waals surface area contributed by atoms with Crippen molar-refractivity contribution < 1.29 is 8.78 Å². The molecule has 0 unspecified atom stereocenters. The maximum atomic E-state index is 13.8. The molecular weight excluding hydrogens is 220 g/mol. The number of fused-ring (bicyclic) bond motifs is 1. The third-order valence-corrected chi connectivity index (χ3v) is 3.43. The molecule has 0 spiro atoms. The van der Waals surface area contributed by atoms with Crippen LogP contribution in [-0.4, -0.2) is 4.98 Å². The first-order valence-corrected chi connectivity index (χ1v) is 6.25. The van der Waals surface area contributed by atoms with Gasteiger partial charge in [-0.15, -0.1) is 0 Å². The van der Waals surface area contributed by atoms with Crippen molar-refractivity contribution in [1.82, 2.24) is 4.98 Å². The minimum atomic E-state index is -2.73. The summed E-state index contributed by atoms with van der Waals surface area (Å²) in [5.41, 5.74) is 2.66. The van der Waals surface area contributed by atoms with Crippen molar-refractivity contribution >= 4 is 0 Å². The molecule has 2 rings (SSSR count). The highest BCUT2D eigenvalue weighted by atomic mass is 19.3. The molecule has 0 aromatic carbocycles. The van der Waals surface area contributed by atoms with Gasteiger partial charge in [0.15, 0.2) is 0 Å². The van der Waals surface area contributed by atoms with E-state index in [1.165, 1.54) is 0 Å². The molecule has 0 amide bonds. The first-order valence-electron chi connectivity index (χ1n) is 6.25. The monoisotopic (exact) mass is 239 g/mol. The van der Waals surface area contributed by atoms with E-state index < -0.39 is 5.92 Å². The number of nitrogens with zero attached hydrogens (tertiary/aromatic N) is 1. The van der Waals surface area contributed by atoms with Gasteiger partial charge in [0.1, 0.15) is 5.69 Å². The summed E-state index contributed by atoms with van der Waals surface area (Å²) < 4.78 is 27.5. The lowest BCUT2D eigenvalue weighted by Crippen LogP contribution is -2.13. The number of rotatable bonds is 2. The molecule has 1 aromatic heterocycles. The molecule has 1 nitrogen and oxygen atoms in total. The van der Waals surface area contributed by atoms with Crippen molar-refractivity contribution in [2.45, 2.75) is 58.3 Å². The minimum Gasteiger partial charge on any atom is -0.251 e. The van der Waals surface area contributed by atoms with Gasteiger partial charge >= 0.3 is 0 Å². The zero-order chi connectivity index (χ0) is 12.8. The van der Waals surface area contributed by atoms with Crippen LogP contribution in [0, 0.1) is 0 Å². The van der Waals surface area contributed by atoms with Crippen LogP contribution in [0.15, 0.2) is 6.07 Å².